The van der Waals surface area contributed by atoms with E-state index in [1.54, 1.807) is 11.8 Å². The predicted molar refractivity (Wildman–Crippen MR) is 74.4 cm³/mol. The topological polar surface area (TPSA) is 25.8 Å². The normalized spacial score (nSPS) is 10.5. The van der Waals surface area contributed by atoms with Gasteiger partial charge in [0.1, 0.15) is 15.5 Å². The van der Waals surface area contributed by atoms with Gasteiger partial charge in [0.25, 0.3) is 0 Å². The van der Waals surface area contributed by atoms with E-state index < -0.39 is 0 Å². The van der Waals surface area contributed by atoms with Crippen molar-refractivity contribution >= 4 is 27.7 Å². The number of rotatable bonds is 3. The van der Waals surface area contributed by atoms with E-state index in [1.165, 1.54) is 10.5 Å². The van der Waals surface area contributed by atoms with Crippen molar-refractivity contribution in [3.05, 3.63) is 46.3 Å². The molecule has 0 aliphatic rings. The lowest BCUT2D eigenvalue weighted by Gasteiger charge is -2.04. The number of aryl methyl sites for hydroxylation is 2. The van der Waals surface area contributed by atoms with Crippen molar-refractivity contribution in [2.75, 3.05) is 0 Å². The van der Waals surface area contributed by atoms with E-state index in [2.05, 4.69) is 64.0 Å². The van der Waals surface area contributed by atoms with Crippen LogP contribution in [0.1, 0.15) is 18.3 Å². The first kappa shape index (κ1) is 12.6. The van der Waals surface area contributed by atoms with Gasteiger partial charge in [-0.3, -0.25) is 0 Å². The molecule has 0 N–H and O–H groups in total. The molecule has 0 atom stereocenters. The number of benzene rings is 1. The Morgan fingerprint density at radius 2 is 2.06 bits per heavy atom. The summed E-state index contributed by atoms with van der Waals surface area (Å²) in [5, 5.41) is 0.981. The molecule has 0 aliphatic carbocycles. The molecule has 0 bridgehead atoms. The molecule has 0 aliphatic heterocycles. The molecule has 0 saturated carbocycles. The van der Waals surface area contributed by atoms with Gasteiger partial charge >= 0.3 is 0 Å². The fraction of sp³-hybridized carbons (Fsp3) is 0.231. The third kappa shape index (κ3) is 3.54. The molecule has 2 aromatic rings. The molecule has 0 fully saturated rings. The highest BCUT2D eigenvalue weighted by Crippen LogP contribution is 2.28. The Kier molecular flexibility index (Phi) is 4.18. The number of hydrogen-bond acceptors (Lipinski definition) is 3. The molecule has 0 radical (unpaired) electrons. The smallest absolute Gasteiger partial charge is 0.130 e. The molecular formula is C13H13BrN2S. The monoisotopic (exact) mass is 308 g/mol. The highest BCUT2D eigenvalue weighted by molar-refractivity contribution is 9.10. The Labute approximate surface area is 114 Å². The standard InChI is InChI=1S/C13H13BrN2S/c1-3-12-15-11(14)8-13(16-12)17-10-6-4-5-9(2)7-10/h4-8H,3H2,1-2H3. The highest BCUT2D eigenvalue weighted by Gasteiger charge is 2.03. The third-order valence-corrected chi connectivity index (χ3v) is 3.56. The summed E-state index contributed by atoms with van der Waals surface area (Å²) in [5.41, 5.74) is 1.26. The van der Waals surface area contributed by atoms with Crippen molar-refractivity contribution in [1.29, 1.82) is 0 Å². The van der Waals surface area contributed by atoms with Crippen molar-refractivity contribution in [1.82, 2.24) is 9.97 Å². The van der Waals surface area contributed by atoms with E-state index in [9.17, 15) is 0 Å². The molecule has 0 spiro atoms. The average molecular weight is 309 g/mol. The molecule has 2 nitrogen and oxygen atoms in total. The third-order valence-electron chi connectivity index (χ3n) is 2.25. The van der Waals surface area contributed by atoms with E-state index in [-0.39, 0.29) is 0 Å². The van der Waals surface area contributed by atoms with Crippen LogP contribution in [0.3, 0.4) is 0 Å². The maximum Gasteiger partial charge on any atom is 0.130 e. The van der Waals surface area contributed by atoms with Crippen LogP contribution in [-0.4, -0.2) is 9.97 Å². The lowest BCUT2D eigenvalue weighted by atomic mass is 10.2. The van der Waals surface area contributed by atoms with Gasteiger partial charge in [-0.25, -0.2) is 9.97 Å². The van der Waals surface area contributed by atoms with Gasteiger partial charge in [0.15, 0.2) is 0 Å². The molecule has 0 unspecified atom stereocenters. The van der Waals surface area contributed by atoms with Crippen LogP contribution in [0.5, 0.6) is 0 Å². The molecule has 0 saturated heterocycles. The Hall–Kier alpha value is -0.870. The Bertz CT molecular complexity index is 529. The summed E-state index contributed by atoms with van der Waals surface area (Å²) in [6.45, 7) is 4.15. The zero-order valence-corrected chi connectivity index (χ0v) is 12.2. The molecule has 4 heteroatoms. The van der Waals surface area contributed by atoms with Crippen LogP contribution in [0.25, 0.3) is 0 Å². The van der Waals surface area contributed by atoms with E-state index in [0.717, 1.165) is 21.9 Å². The summed E-state index contributed by atoms with van der Waals surface area (Å²) in [5.74, 6) is 0.870. The van der Waals surface area contributed by atoms with Gasteiger partial charge in [-0.2, -0.15) is 0 Å². The fourth-order valence-corrected chi connectivity index (χ4v) is 2.98. The van der Waals surface area contributed by atoms with Crippen molar-refractivity contribution in [3.8, 4) is 0 Å². The molecular weight excluding hydrogens is 296 g/mol. The lowest BCUT2D eigenvalue weighted by Crippen LogP contribution is -1.94. The maximum absolute atomic E-state index is 4.50. The molecule has 1 aromatic heterocycles. The summed E-state index contributed by atoms with van der Waals surface area (Å²) < 4.78 is 0.847. The number of nitrogens with zero attached hydrogens (tertiary/aromatic N) is 2. The van der Waals surface area contributed by atoms with Crippen molar-refractivity contribution in [2.45, 2.75) is 30.2 Å². The van der Waals surface area contributed by atoms with Crippen molar-refractivity contribution in [3.63, 3.8) is 0 Å². The molecule has 1 aromatic carbocycles. The summed E-state index contributed by atoms with van der Waals surface area (Å²) in [6, 6.07) is 10.4. The minimum atomic E-state index is 0.847. The van der Waals surface area contributed by atoms with E-state index in [0.29, 0.717) is 0 Å². The first-order valence-electron chi connectivity index (χ1n) is 5.45. The first-order chi connectivity index (χ1) is 8.17. The van der Waals surface area contributed by atoms with Crippen LogP contribution in [0.2, 0.25) is 0 Å². The highest BCUT2D eigenvalue weighted by atomic mass is 79.9. The largest absolute Gasteiger partial charge is 0.226 e. The van der Waals surface area contributed by atoms with E-state index >= 15 is 0 Å². The number of halogens is 1. The molecule has 17 heavy (non-hydrogen) atoms. The van der Waals surface area contributed by atoms with Crippen molar-refractivity contribution < 1.29 is 0 Å². The SMILES string of the molecule is CCc1nc(Br)cc(Sc2cccc(C)c2)n1. The Morgan fingerprint density at radius 1 is 1.24 bits per heavy atom. The summed E-state index contributed by atoms with van der Waals surface area (Å²) >= 11 is 5.08. The van der Waals surface area contributed by atoms with Gasteiger partial charge in [-0.15, -0.1) is 0 Å². The zero-order valence-electron chi connectivity index (χ0n) is 9.77. The van der Waals surface area contributed by atoms with E-state index in [1.807, 2.05) is 6.07 Å². The summed E-state index contributed by atoms with van der Waals surface area (Å²) in [6.07, 6.45) is 0.848. The average Bonchev–Trinajstić information content (AvgIpc) is 2.28. The summed E-state index contributed by atoms with van der Waals surface area (Å²) in [7, 11) is 0. The minimum absolute atomic E-state index is 0.847. The molecule has 1 heterocycles. The second-order valence-corrected chi connectivity index (χ2v) is 5.62. The van der Waals surface area contributed by atoms with E-state index in [4.69, 9.17) is 0 Å². The van der Waals surface area contributed by atoms with Crippen LogP contribution >= 0.6 is 27.7 Å². The van der Waals surface area contributed by atoms with Gasteiger partial charge in [0.2, 0.25) is 0 Å². The maximum atomic E-state index is 4.50. The van der Waals surface area contributed by atoms with Crippen LogP contribution in [0.15, 0.2) is 44.9 Å². The quantitative estimate of drug-likeness (QED) is 0.792. The first-order valence-corrected chi connectivity index (χ1v) is 7.06. The van der Waals surface area contributed by atoms with Crippen LogP contribution in [-0.2, 0) is 6.42 Å². The molecule has 2 rings (SSSR count). The predicted octanol–water partition coefficient (Wildman–Crippen LogP) is 4.26. The lowest BCUT2D eigenvalue weighted by molar-refractivity contribution is 0.877. The van der Waals surface area contributed by atoms with Crippen LogP contribution in [0, 0.1) is 6.92 Å². The van der Waals surface area contributed by atoms with Gasteiger partial charge in [-0.1, -0.05) is 36.4 Å². The second-order valence-electron chi connectivity index (χ2n) is 3.72. The van der Waals surface area contributed by atoms with Gasteiger partial charge in [-0.05, 0) is 35.0 Å². The van der Waals surface area contributed by atoms with Gasteiger partial charge < -0.3 is 0 Å². The Morgan fingerprint density at radius 3 is 2.76 bits per heavy atom. The number of aromatic nitrogens is 2. The minimum Gasteiger partial charge on any atom is -0.226 e. The number of hydrogen-bond donors (Lipinski definition) is 0. The van der Waals surface area contributed by atoms with Gasteiger partial charge in [0.05, 0.1) is 0 Å². The second kappa shape index (κ2) is 5.65. The van der Waals surface area contributed by atoms with Crippen LogP contribution in [0.4, 0.5) is 0 Å². The van der Waals surface area contributed by atoms with Crippen LogP contribution < -0.4 is 0 Å². The molecule has 88 valence electrons. The fourth-order valence-electron chi connectivity index (χ4n) is 1.45. The summed E-state index contributed by atoms with van der Waals surface area (Å²) in [4.78, 5) is 10.0. The Balaban J connectivity index is 2.26. The molecule has 0 amide bonds. The zero-order chi connectivity index (χ0) is 12.3. The van der Waals surface area contributed by atoms with Gasteiger partial charge in [0, 0.05) is 17.4 Å². The van der Waals surface area contributed by atoms with Crippen molar-refractivity contribution in [2.24, 2.45) is 0 Å².